The van der Waals surface area contributed by atoms with E-state index in [-0.39, 0.29) is 0 Å². The van der Waals surface area contributed by atoms with E-state index in [1.807, 2.05) is 13.8 Å². The predicted molar refractivity (Wildman–Crippen MR) is 63.9 cm³/mol. The minimum Gasteiger partial charge on any atom is -0.411 e. The van der Waals surface area contributed by atoms with E-state index >= 15 is 0 Å². The fraction of sp³-hybridized carbons (Fsp3) is 0.636. The Labute approximate surface area is 88.7 Å². The van der Waals surface area contributed by atoms with Gasteiger partial charge in [0, 0.05) is 0 Å². The van der Waals surface area contributed by atoms with Crippen LogP contribution < -0.4 is 0 Å². The lowest BCUT2D eigenvalue weighted by atomic mass is 10.4. The van der Waals surface area contributed by atoms with Crippen LogP contribution in [0.5, 0.6) is 0 Å². The molecule has 0 heterocycles. The largest absolute Gasteiger partial charge is 0.411 e. The van der Waals surface area contributed by atoms with E-state index in [0.29, 0.717) is 19.4 Å². The molecule has 0 saturated carbocycles. The Morgan fingerprint density at radius 2 is 1.57 bits per heavy atom. The van der Waals surface area contributed by atoms with Gasteiger partial charge in [0.05, 0.1) is 19.4 Å². The van der Waals surface area contributed by atoms with E-state index in [4.69, 9.17) is 9.16 Å². The van der Waals surface area contributed by atoms with Crippen LogP contribution in [0.15, 0.2) is 24.3 Å². The summed E-state index contributed by atoms with van der Waals surface area (Å²) in [5.74, 6) is 0. The average molecular weight is 214 g/mol. The maximum absolute atomic E-state index is 5.76. The van der Waals surface area contributed by atoms with E-state index in [1.165, 1.54) is 0 Å². The monoisotopic (exact) mass is 214 g/mol. The van der Waals surface area contributed by atoms with Gasteiger partial charge in [-0.15, -0.1) is 0 Å². The summed E-state index contributed by atoms with van der Waals surface area (Å²) in [6.07, 6.45) is 0.715. The van der Waals surface area contributed by atoms with Crippen molar-refractivity contribution < 1.29 is 9.16 Å². The highest BCUT2D eigenvalue weighted by Crippen LogP contribution is 2.07. The molecule has 0 bridgehead atoms. The molecule has 0 unspecified atom stereocenters. The zero-order chi connectivity index (χ0) is 11.2. The van der Waals surface area contributed by atoms with Gasteiger partial charge >= 0.3 is 0 Å². The van der Waals surface area contributed by atoms with Crippen LogP contribution in [0.2, 0.25) is 13.1 Å². The lowest BCUT2D eigenvalue weighted by molar-refractivity contribution is 0.177. The van der Waals surface area contributed by atoms with Gasteiger partial charge in [0.15, 0.2) is 0 Å². The van der Waals surface area contributed by atoms with Crippen molar-refractivity contribution in [3.05, 3.63) is 24.3 Å². The first kappa shape index (κ1) is 13.6. The van der Waals surface area contributed by atoms with Crippen molar-refractivity contribution >= 4 is 8.32 Å². The van der Waals surface area contributed by atoms with Gasteiger partial charge in [-0.05, 0) is 26.9 Å². The standard InChI is InChI=1S/C11H22O2Si/c1-10(2)7-12-9-14(5,6)13-8-11(3)4/h1,3,7-9H2,2,4-6H3. The van der Waals surface area contributed by atoms with Crippen molar-refractivity contribution in [3.8, 4) is 0 Å². The average Bonchev–Trinajstić information content (AvgIpc) is 2.00. The highest BCUT2D eigenvalue weighted by molar-refractivity contribution is 6.71. The van der Waals surface area contributed by atoms with Crippen LogP contribution in [0.25, 0.3) is 0 Å². The summed E-state index contributed by atoms with van der Waals surface area (Å²) in [4.78, 5) is 0. The molecule has 0 amide bonds. The zero-order valence-electron chi connectivity index (χ0n) is 9.85. The molecule has 0 aliphatic rings. The maximum Gasteiger partial charge on any atom is 0.212 e. The van der Waals surface area contributed by atoms with Crippen LogP contribution in [0.4, 0.5) is 0 Å². The second-order valence-electron chi connectivity index (χ2n) is 4.46. The molecule has 0 atom stereocenters. The third kappa shape index (κ3) is 8.23. The molecule has 0 rings (SSSR count). The highest BCUT2D eigenvalue weighted by Gasteiger charge is 2.22. The van der Waals surface area contributed by atoms with Gasteiger partial charge < -0.3 is 9.16 Å². The fourth-order valence-electron chi connectivity index (χ4n) is 0.831. The summed E-state index contributed by atoms with van der Waals surface area (Å²) in [5.41, 5.74) is 2.11. The lowest BCUT2D eigenvalue weighted by Crippen LogP contribution is -2.37. The van der Waals surface area contributed by atoms with Gasteiger partial charge in [0.2, 0.25) is 8.32 Å². The van der Waals surface area contributed by atoms with Gasteiger partial charge in [-0.2, -0.15) is 0 Å². The summed E-state index contributed by atoms with van der Waals surface area (Å²) in [6.45, 7) is 17.1. The van der Waals surface area contributed by atoms with Crippen LogP contribution in [0.1, 0.15) is 13.8 Å². The quantitative estimate of drug-likeness (QED) is 0.479. The van der Waals surface area contributed by atoms with Gasteiger partial charge in [-0.1, -0.05) is 24.3 Å². The van der Waals surface area contributed by atoms with Gasteiger partial charge in [0.1, 0.15) is 0 Å². The number of hydrogen-bond donors (Lipinski definition) is 0. The molecular weight excluding hydrogens is 192 g/mol. The molecule has 14 heavy (non-hydrogen) atoms. The first-order chi connectivity index (χ1) is 6.33. The molecular formula is C11H22O2Si. The molecule has 0 saturated heterocycles. The van der Waals surface area contributed by atoms with Crippen molar-refractivity contribution in [1.29, 1.82) is 0 Å². The second-order valence-corrected chi connectivity index (χ2v) is 8.55. The molecule has 0 fully saturated rings. The van der Waals surface area contributed by atoms with Crippen LogP contribution >= 0.6 is 0 Å². The molecule has 0 aromatic heterocycles. The first-order valence-electron chi connectivity index (χ1n) is 4.84. The third-order valence-electron chi connectivity index (χ3n) is 1.51. The van der Waals surface area contributed by atoms with E-state index in [1.54, 1.807) is 0 Å². The molecule has 3 heteroatoms. The van der Waals surface area contributed by atoms with Gasteiger partial charge in [-0.25, -0.2) is 0 Å². The topological polar surface area (TPSA) is 18.5 Å². The van der Waals surface area contributed by atoms with Crippen LogP contribution in [-0.4, -0.2) is 27.8 Å². The highest BCUT2D eigenvalue weighted by atomic mass is 28.4. The molecule has 2 nitrogen and oxygen atoms in total. The molecule has 0 radical (unpaired) electrons. The second kappa shape index (κ2) is 6.17. The molecule has 0 aromatic rings. The SMILES string of the molecule is C=C(C)COC[Si](C)(C)OCC(=C)C. The molecule has 0 N–H and O–H groups in total. The van der Waals surface area contributed by atoms with E-state index in [9.17, 15) is 0 Å². The number of ether oxygens (including phenoxy) is 1. The Kier molecular flexibility index (Phi) is 6.00. The lowest BCUT2D eigenvalue weighted by Gasteiger charge is -2.22. The minimum absolute atomic E-state index is 0.632. The molecule has 0 aliphatic carbocycles. The van der Waals surface area contributed by atoms with Crippen LogP contribution in [0, 0.1) is 0 Å². The summed E-state index contributed by atoms with van der Waals surface area (Å²) in [7, 11) is -1.66. The fourth-order valence-corrected chi connectivity index (χ4v) is 2.15. The maximum atomic E-state index is 5.76. The molecule has 0 spiro atoms. The van der Waals surface area contributed by atoms with Crippen molar-refractivity contribution in [2.24, 2.45) is 0 Å². The minimum atomic E-state index is -1.66. The summed E-state index contributed by atoms with van der Waals surface area (Å²) in [6, 6.07) is 0. The Bertz CT molecular complexity index is 209. The van der Waals surface area contributed by atoms with E-state index < -0.39 is 8.32 Å². The zero-order valence-corrected chi connectivity index (χ0v) is 10.9. The van der Waals surface area contributed by atoms with Gasteiger partial charge in [-0.3, -0.25) is 0 Å². The first-order valence-corrected chi connectivity index (χ1v) is 7.95. The Balaban J connectivity index is 3.71. The number of rotatable bonds is 7. The van der Waals surface area contributed by atoms with Crippen molar-refractivity contribution in [2.45, 2.75) is 26.9 Å². The van der Waals surface area contributed by atoms with Gasteiger partial charge in [0.25, 0.3) is 0 Å². The van der Waals surface area contributed by atoms with Crippen LogP contribution in [0.3, 0.4) is 0 Å². The molecule has 0 aliphatic heterocycles. The Morgan fingerprint density at radius 3 is 2.00 bits per heavy atom. The van der Waals surface area contributed by atoms with E-state index in [0.717, 1.165) is 11.1 Å². The van der Waals surface area contributed by atoms with Crippen molar-refractivity contribution in [1.82, 2.24) is 0 Å². The molecule has 82 valence electrons. The van der Waals surface area contributed by atoms with Crippen molar-refractivity contribution in [2.75, 3.05) is 19.4 Å². The smallest absolute Gasteiger partial charge is 0.212 e. The Morgan fingerprint density at radius 1 is 1.07 bits per heavy atom. The Hall–Kier alpha value is -0.383. The summed E-state index contributed by atoms with van der Waals surface area (Å²) < 4.78 is 11.3. The molecule has 0 aromatic carbocycles. The normalized spacial score (nSPS) is 11.4. The third-order valence-corrected chi connectivity index (χ3v) is 3.33. The summed E-state index contributed by atoms with van der Waals surface area (Å²) >= 11 is 0. The van der Waals surface area contributed by atoms with Crippen molar-refractivity contribution in [3.63, 3.8) is 0 Å². The predicted octanol–water partition coefficient (Wildman–Crippen LogP) is 2.92. The summed E-state index contributed by atoms with van der Waals surface area (Å²) in [5, 5.41) is 0. The van der Waals surface area contributed by atoms with E-state index in [2.05, 4.69) is 26.3 Å². The number of hydrogen-bond acceptors (Lipinski definition) is 2. The van der Waals surface area contributed by atoms with Crippen LogP contribution in [-0.2, 0) is 9.16 Å².